The molecule has 3 aromatic rings. The quantitative estimate of drug-likeness (QED) is 0.736. The van der Waals surface area contributed by atoms with Crippen LogP contribution in [0.5, 0.6) is 0 Å². The molecular weight excluding hydrogens is 352 g/mol. The third-order valence-electron chi connectivity index (χ3n) is 5.35. The largest absolute Gasteiger partial charge is 0.322 e. The molecule has 7 nitrogen and oxygen atoms in total. The van der Waals surface area contributed by atoms with Gasteiger partial charge in [-0.2, -0.15) is 14.8 Å². The van der Waals surface area contributed by atoms with Crippen LogP contribution in [0.4, 0.5) is 5.69 Å². The van der Waals surface area contributed by atoms with E-state index >= 15 is 0 Å². The van der Waals surface area contributed by atoms with Crippen molar-refractivity contribution in [3.05, 3.63) is 59.4 Å². The van der Waals surface area contributed by atoms with E-state index in [1.165, 1.54) is 10.2 Å². The number of likely N-dealkylation sites (N-methyl/N-ethyl adjacent to an activating group) is 1. The molecule has 1 aromatic carbocycles. The van der Waals surface area contributed by atoms with Crippen LogP contribution in [0.2, 0.25) is 0 Å². The second-order valence-corrected chi connectivity index (χ2v) is 7.40. The molecule has 1 amide bonds. The monoisotopic (exact) mass is 378 g/mol. The van der Waals surface area contributed by atoms with E-state index in [4.69, 9.17) is 0 Å². The first-order chi connectivity index (χ1) is 13.6. The van der Waals surface area contributed by atoms with Crippen LogP contribution in [0.3, 0.4) is 0 Å². The average Bonchev–Trinajstić information content (AvgIpc) is 3.04. The second kappa shape index (κ2) is 8.08. The smallest absolute Gasteiger partial charge is 0.259 e. The number of amides is 1. The Morgan fingerprint density at radius 2 is 1.86 bits per heavy atom. The average molecular weight is 378 g/mol. The zero-order valence-electron chi connectivity index (χ0n) is 16.4. The van der Waals surface area contributed by atoms with Gasteiger partial charge in [0, 0.05) is 44.6 Å². The molecule has 0 saturated carbocycles. The predicted molar refractivity (Wildman–Crippen MR) is 110 cm³/mol. The van der Waals surface area contributed by atoms with Crippen LogP contribution in [0, 0.1) is 6.92 Å². The minimum atomic E-state index is -0.161. The number of aryl methyl sites for hydroxylation is 1. The number of anilines is 1. The molecule has 0 spiro atoms. The fraction of sp³-hybridized carbons (Fsp3) is 0.381. The summed E-state index contributed by atoms with van der Waals surface area (Å²) in [6.45, 7) is 7.46. The maximum absolute atomic E-state index is 12.8. The summed E-state index contributed by atoms with van der Waals surface area (Å²) >= 11 is 0. The van der Waals surface area contributed by atoms with Gasteiger partial charge in [0.1, 0.15) is 5.52 Å². The first kappa shape index (κ1) is 18.6. The minimum absolute atomic E-state index is 0.161. The molecule has 0 radical (unpaired) electrons. The molecule has 2 aromatic heterocycles. The lowest BCUT2D eigenvalue weighted by Gasteiger charge is -2.32. The Morgan fingerprint density at radius 3 is 2.61 bits per heavy atom. The Kier molecular flexibility index (Phi) is 5.36. The third kappa shape index (κ3) is 4.05. The first-order valence-electron chi connectivity index (χ1n) is 9.72. The van der Waals surface area contributed by atoms with Crippen molar-refractivity contribution in [3.8, 4) is 0 Å². The Labute approximate surface area is 164 Å². The van der Waals surface area contributed by atoms with Crippen LogP contribution in [0.1, 0.15) is 21.6 Å². The molecule has 0 unspecified atom stereocenters. The maximum atomic E-state index is 12.8. The summed E-state index contributed by atoms with van der Waals surface area (Å²) < 4.78 is 1.49. The van der Waals surface area contributed by atoms with Crippen LogP contribution in [-0.2, 0) is 6.42 Å². The van der Waals surface area contributed by atoms with E-state index in [1.807, 2.05) is 31.2 Å². The molecule has 4 rings (SSSR count). The van der Waals surface area contributed by atoms with Gasteiger partial charge in [-0.15, -0.1) is 0 Å². The number of rotatable bonds is 5. The lowest BCUT2D eigenvalue weighted by molar-refractivity contribution is 0.102. The molecule has 28 heavy (non-hydrogen) atoms. The molecule has 0 bridgehead atoms. The van der Waals surface area contributed by atoms with Crippen molar-refractivity contribution >= 4 is 17.1 Å². The van der Waals surface area contributed by atoms with Crippen LogP contribution in [0.15, 0.2) is 42.6 Å². The van der Waals surface area contributed by atoms with Crippen molar-refractivity contribution in [1.29, 1.82) is 0 Å². The van der Waals surface area contributed by atoms with Crippen molar-refractivity contribution < 1.29 is 4.79 Å². The van der Waals surface area contributed by atoms with Gasteiger partial charge in [0.2, 0.25) is 0 Å². The van der Waals surface area contributed by atoms with Crippen molar-refractivity contribution in [2.75, 3.05) is 45.1 Å². The number of piperazine rings is 1. The summed E-state index contributed by atoms with van der Waals surface area (Å²) in [7, 11) is 2.18. The number of carbonyl (C=O) groups excluding carboxylic acids is 1. The van der Waals surface area contributed by atoms with Gasteiger partial charge in [-0.25, -0.2) is 0 Å². The topological polar surface area (TPSA) is 65.8 Å². The van der Waals surface area contributed by atoms with Gasteiger partial charge < -0.3 is 15.1 Å². The molecule has 1 aliphatic rings. The molecule has 0 aliphatic carbocycles. The van der Waals surface area contributed by atoms with Gasteiger partial charge in [0.15, 0.2) is 0 Å². The Bertz CT molecular complexity index is 957. The second-order valence-electron chi connectivity index (χ2n) is 7.40. The summed E-state index contributed by atoms with van der Waals surface area (Å²) in [4.78, 5) is 17.6. The standard InChI is InChI=1S/C21H26N6O/c1-16-20(19-4-3-10-22-27(19)24-16)21(28)23-18-7-5-17(6-8-18)9-11-26-14-12-25(2)13-15-26/h3-8,10H,9,11-15H2,1-2H3,(H,23,28). The van der Waals surface area contributed by atoms with E-state index in [9.17, 15) is 4.79 Å². The first-order valence-corrected chi connectivity index (χ1v) is 9.72. The van der Waals surface area contributed by atoms with Crippen LogP contribution in [-0.4, -0.2) is 70.3 Å². The normalized spacial score (nSPS) is 15.8. The number of benzene rings is 1. The number of aromatic nitrogens is 3. The fourth-order valence-corrected chi connectivity index (χ4v) is 3.59. The number of hydrogen-bond donors (Lipinski definition) is 1. The molecule has 1 saturated heterocycles. The van der Waals surface area contributed by atoms with Gasteiger partial charge in [-0.1, -0.05) is 12.1 Å². The molecule has 0 atom stereocenters. The van der Waals surface area contributed by atoms with Gasteiger partial charge >= 0.3 is 0 Å². The molecule has 1 N–H and O–H groups in total. The van der Waals surface area contributed by atoms with Crippen LogP contribution < -0.4 is 5.32 Å². The summed E-state index contributed by atoms with van der Waals surface area (Å²) in [5, 5.41) is 11.4. The maximum Gasteiger partial charge on any atom is 0.259 e. The van der Waals surface area contributed by atoms with Crippen LogP contribution in [0.25, 0.3) is 5.52 Å². The third-order valence-corrected chi connectivity index (χ3v) is 5.35. The fourth-order valence-electron chi connectivity index (χ4n) is 3.59. The van der Waals surface area contributed by atoms with Crippen molar-refractivity contribution in [2.24, 2.45) is 0 Å². The summed E-state index contributed by atoms with van der Waals surface area (Å²) in [6, 6.07) is 11.8. The number of nitrogens with zero attached hydrogens (tertiary/aromatic N) is 5. The molecule has 7 heteroatoms. The van der Waals surface area contributed by atoms with Gasteiger partial charge in [0.05, 0.1) is 11.3 Å². The van der Waals surface area contributed by atoms with Gasteiger partial charge in [-0.3, -0.25) is 4.79 Å². The van der Waals surface area contributed by atoms with E-state index < -0.39 is 0 Å². The number of hydrogen-bond acceptors (Lipinski definition) is 5. The van der Waals surface area contributed by atoms with E-state index in [2.05, 4.69) is 44.5 Å². The highest BCUT2D eigenvalue weighted by Gasteiger charge is 2.17. The highest BCUT2D eigenvalue weighted by Crippen LogP contribution is 2.17. The number of fused-ring (bicyclic) bond motifs is 1. The molecular formula is C21H26N6O. The lowest BCUT2D eigenvalue weighted by Crippen LogP contribution is -2.45. The Balaban J connectivity index is 1.37. The number of carbonyl (C=O) groups is 1. The summed E-state index contributed by atoms with van der Waals surface area (Å²) in [6.07, 6.45) is 2.68. The van der Waals surface area contributed by atoms with Crippen molar-refractivity contribution in [2.45, 2.75) is 13.3 Å². The highest BCUT2D eigenvalue weighted by atomic mass is 16.1. The van der Waals surface area contributed by atoms with Crippen LogP contribution >= 0.6 is 0 Å². The molecule has 3 heterocycles. The number of nitrogens with one attached hydrogen (secondary N) is 1. The van der Waals surface area contributed by atoms with Crippen molar-refractivity contribution in [3.63, 3.8) is 0 Å². The zero-order chi connectivity index (χ0) is 19.5. The van der Waals surface area contributed by atoms with E-state index in [-0.39, 0.29) is 5.91 Å². The zero-order valence-corrected chi connectivity index (χ0v) is 16.4. The van der Waals surface area contributed by atoms with E-state index in [0.717, 1.165) is 44.8 Å². The van der Waals surface area contributed by atoms with E-state index in [0.29, 0.717) is 16.8 Å². The van der Waals surface area contributed by atoms with Gasteiger partial charge in [0.25, 0.3) is 5.91 Å². The summed E-state index contributed by atoms with van der Waals surface area (Å²) in [5.41, 5.74) is 4.01. The molecule has 1 aliphatic heterocycles. The highest BCUT2D eigenvalue weighted by molar-refractivity contribution is 6.09. The SMILES string of the molecule is Cc1nn2ncccc2c1C(=O)Nc1ccc(CCN2CCN(C)CC2)cc1. The molecule has 146 valence electrons. The Hall–Kier alpha value is -2.77. The van der Waals surface area contributed by atoms with Gasteiger partial charge in [-0.05, 0) is 50.2 Å². The Morgan fingerprint density at radius 1 is 1.11 bits per heavy atom. The predicted octanol–water partition coefficient (Wildman–Crippen LogP) is 2.08. The lowest BCUT2D eigenvalue weighted by atomic mass is 10.1. The summed E-state index contributed by atoms with van der Waals surface area (Å²) in [5.74, 6) is -0.161. The van der Waals surface area contributed by atoms with Crippen molar-refractivity contribution in [1.82, 2.24) is 24.6 Å². The molecule has 1 fully saturated rings. The van der Waals surface area contributed by atoms with E-state index in [1.54, 1.807) is 6.20 Å². The minimum Gasteiger partial charge on any atom is -0.322 e.